The van der Waals surface area contributed by atoms with Gasteiger partial charge in [-0.3, -0.25) is 0 Å². The van der Waals surface area contributed by atoms with Gasteiger partial charge in [0.15, 0.2) is 0 Å². The number of carbonyl (C=O) groups is 1. The predicted molar refractivity (Wildman–Crippen MR) is 45.7 cm³/mol. The van der Waals surface area contributed by atoms with Gasteiger partial charge in [-0.1, -0.05) is 0 Å². The first kappa shape index (κ1) is 9.80. The average Bonchev–Trinajstić information content (AvgIpc) is 2.31. The number of aliphatic hydroxyl groups is 1. The molecule has 0 unspecified atom stereocenters. The highest BCUT2D eigenvalue weighted by Crippen LogP contribution is 2.17. The fourth-order valence-corrected chi connectivity index (χ4v) is 1.06. The molecule has 4 nitrogen and oxygen atoms in total. The second-order valence-electron chi connectivity index (χ2n) is 3.55. The Morgan fingerprint density at radius 2 is 2.23 bits per heavy atom. The molecule has 13 heavy (non-hydrogen) atoms. The lowest BCUT2D eigenvalue weighted by Crippen LogP contribution is -2.22. The van der Waals surface area contributed by atoms with Crippen molar-refractivity contribution >= 4 is 5.97 Å². The molecule has 0 spiro atoms. The first-order valence-electron chi connectivity index (χ1n) is 3.92. The Kier molecular flexibility index (Phi) is 2.43. The minimum atomic E-state index is -1.03. The van der Waals surface area contributed by atoms with Crippen LogP contribution >= 0.6 is 0 Å². The number of hydrogen-bond donors (Lipinski definition) is 2. The van der Waals surface area contributed by atoms with Crippen LogP contribution in [0.5, 0.6) is 0 Å². The number of carboxylic acid groups (broad SMARTS) is 1. The largest absolute Gasteiger partial charge is 0.478 e. The van der Waals surface area contributed by atoms with Gasteiger partial charge in [-0.05, 0) is 19.9 Å². The summed E-state index contributed by atoms with van der Waals surface area (Å²) < 4.78 is 4.96. The Balaban J connectivity index is 2.89. The van der Waals surface area contributed by atoms with Crippen molar-refractivity contribution in [3.8, 4) is 0 Å². The topological polar surface area (TPSA) is 70.7 Å². The summed E-state index contributed by atoms with van der Waals surface area (Å²) in [5.41, 5.74) is -0.843. The van der Waals surface area contributed by atoms with Crippen molar-refractivity contribution in [1.82, 2.24) is 0 Å². The molecular weight excluding hydrogens is 172 g/mol. The van der Waals surface area contributed by atoms with Gasteiger partial charge in [0.05, 0.1) is 11.9 Å². The van der Waals surface area contributed by atoms with E-state index in [1.54, 1.807) is 13.8 Å². The summed E-state index contributed by atoms with van der Waals surface area (Å²) in [7, 11) is 0. The van der Waals surface area contributed by atoms with E-state index >= 15 is 0 Å². The van der Waals surface area contributed by atoms with E-state index < -0.39 is 11.6 Å². The van der Waals surface area contributed by atoms with Crippen LogP contribution in [0.3, 0.4) is 0 Å². The highest BCUT2D eigenvalue weighted by atomic mass is 16.4. The Hall–Kier alpha value is -1.29. The Labute approximate surface area is 75.8 Å². The molecule has 72 valence electrons. The van der Waals surface area contributed by atoms with Gasteiger partial charge in [0.2, 0.25) is 0 Å². The van der Waals surface area contributed by atoms with Crippen molar-refractivity contribution in [3.05, 3.63) is 23.7 Å². The predicted octanol–water partition coefficient (Wildman–Crippen LogP) is 1.29. The average molecular weight is 184 g/mol. The van der Waals surface area contributed by atoms with E-state index in [4.69, 9.17) is 9.52 Å². The lowest BCUT2D eigenvalue weighted by Gasteiger charge is -2.15. The maximum Gasteiger partial charge on any atom is 0.339 e. The normalized spacial score (nSPS) is 11.6. The molecule has 0 aliphatic carbocycles. The molecule has 4 heteroatoms. The number of rotatable bonds is 3. The van der Waals surface area contributed by atoms with Gasteiger partial charge in [-0.15, -0.1) is 0 Å². The van der Waals surface area contributed by atoms with E-state index in [2.05, 4.69) is 0 Å². The van der Waals surface area contributed by atoms with Crippen LogP contribution in [-0.4, -0.2) is 21.8 Å². The van der Waals surface area contributed by atoms with Crippen molar-refractivity contribution in [3.63, 3.8) is 0 Å². The molecule has 1 rings (SSSR count). The van der Waals surface area contributed by atoms with Gasteiger partial charge in [0, 0.05) is 6.42 Å². The van der Waals surface area contributed by atoms with E-state index in [-0.39, 0.29) is 12.0 Å². The molecule has 0 saturated heterocycles. The van der Waals surface area contributed by atoms with Crippen LogP contribution in [0.1, 0.15) is 30.0 Å². The fourth-order valence-electron chi connectivity index (χ4n) is 1.06. The zero-order valence-electron chi connectivity index (χ0n) is 7.57. The second-order valence-corrected chi connectivity index (χ2v) is 3.55. The Bertz CT molecular complexity index is 306. The van der Waals surface area contributed by atoms with Crippen LogP contribution in [0.2, 0.25) is 0 Å². The van der Waals surface area contributed by atoms with E-state index in [9.17, 15) is 9.90 Å². The fraction of sp³-hybridized carbons (Fsp3) is 0.444. The summed E-state index contributed by atoms with van der Waals surface area (Å²) in [6.07, 6.45) is 1.51. The third-order valence-electron chi connectivity index (χ3n) is 1.57. The summed E-state index contributed by atoms with van der Waals surface area (Å²) >= 11 is 0. The van der Waals surface area contributed by atoms with Crippen molar-refractivity contribution < 1.29 is 19.4 Å². The van der Waals surface area contributed by atoms with Crippen LogP contribution in [0.15, 0.2) is 16.7 Å². The first-order valence-corrected chi connectivity index (χ1v) is 3.92. The molecule has 0 bridgehead atoms. The minimum Gasteiger partial charge on any atom is -0.478 e. The van der Waals surface area contributed by atoms with E-state index in [1.165, 1.54) is 12.3 Å². The van der Waals surface area contributed by atoms with Gasteiger partial charge in [0.1, 0.15) is 11.3 Å². The van der Waals surface area contributed by atoms with Gasteiger partial charge in [-0.2, -0.15) is 0 Å². The number of aromatic carboxylic acids is 1. The number of furan rings is 1. The molecule has 1 aromatic rings. The molecule has 1 aromatic heterocycles. The van der Waals surface area contributed by atoms with Crippen LogP contribution < -0.4 is 0 Å². The molecular formula is C9H12O4. The third kappa shape index (κ3) is 2.59. The summed E-state index contributed by atoms with van der Waals surface area (Å²) in [5.74, 6) is -0.729. The molecule has 0 aromatic carbocycles. The molecule has 0 aliphatic heterocycles. The molecule has 0 amide bonds. The van der Waals surface area contributed by atoms with Gasteiger partial charge < -0.3 is 14.6 Å². The van der Waals surface area contributed by atoms with Crippen molar-refractivity contribution in [2.75, 3.05) is 0 Å². The lowest BCUT2D eigenvalue weighted by atomic mass is 10.0. The molecule has 0 atom stereocenters. The molecule has 0 radical (unpaired) electrons. The molecule has 1 heterocycles. The smallest absolute Gasteiger partial charge is 0.339 e. The Morgan fingerprint density at radius 1 is 1.62 bits per heavy atom. The summed E-state index contributed by atoms with van der Waals surface area (Å²) in [5, 5.41) is 18.2. The molecule has 0 saturated carbocycles. The zero-order chi connectivity index (χ0) is 10.1. The van der Waals surface area contributed by atoms with Crippen molar-refractivity contribution in [1.29, 1.82) is 0 Å². The van der Waals surface area contributed by atoms with Gasteiger partial charge in [0.25, 0.3) is 0 Å². The summed E-state index contributed by atoms with van der Waals surface area (Å²) in [6, 6.07) is 1.38. The van der Waals surface area contributed by atoms with E-state index in [0.717, 1.165) is 0 Å². The monoisotopic (exact) mass is 184 g/mol. The maximum atomic E-state index is 10.6. The van der Waals surface area contributed by atoms with Gasteiger partial charge >= 0.3 is 5.97 Å². The number of carboxylic acids is 1. The van der Waals surface area contributed by atoms with Crippen LogP contribution in [0.25, 0.3) is 0 Å². The highest BCUT2D eigenvalue weighted by Gasteiger charge is 2.21. The Morgan fingerprint density at radius 3 is 2.69 bits per heavy atom. The van der Waals surface area contributed by atoms with Gasteiger partial charge in [-0.25, -0.2) is 4.79 Å². The van der Waals surface area contributed by atoms with Crippen LogP contribution in [0, 0.1) is 0 Å². The minimum absolute atomic E-state index is 0.113. The highest BCUT2D eigenvalue weighted by molar-refractivity contribution is 5.88. The molecule has 0 aliphatic rings. The van der Waals surface area contributed by atoms with E-state index in [1.807, 2.05) is 0 Å². The van der Waals surface area contributed by atoms with Crippen molar-refractivity contribution in [2.45, 2.75) is 25.9 Å². The quantitative estimate of drug-likeness (QED) is 0.742. The summed E-state index contributed by atoms with van der Waals surface area (Å²) in [6.45, 7) is 3.20. The zero-order valence-corrected chi connectivity index (χ0v) is 7.57. The standard InChI is InChI=1S/C9H12O4/c1-9(2,12)5-7-6(8(10)11)3-4-13-7/h3-4,12H,5H2,1-2H3,(H,10,11). The van der Waals surface area contributed by atoms with E-state index in [0.29, 0.717) is 5.76 Å². The third-order valence-corrected chi connectivity index (χ3v) is 1.57. The first-order chi connectivity index (χ1) is 5.90. The molecule has 2 N–H and O–H groups in total. The summed E-state index contributed by atoms with van der Waals surface area (Å²) in [4.78, 5) is 10.6. The van der Waals surface area contributed by atoms with Crippen molar-refractivity contribution in [2.24, 2.45) is 0 Å². The molecule has 0 fully saturated rings. The second kappa shape index (κ2) is 3.22. The van der Waals surface area contributed by atoms with Crippen LogP contribution in [-0.2, 0) is 6.42 Å². The maximum absolute atomic E-state index is 10.6. The van der Waals surface area contributed by atoms with Crippen LogP contribution in [0.4, 0.5) is 0 Å². The lowest BCUT2D eigenvalue weighted by molar-refractivity contribution is 0.0671. The SMILES string of the molecule is CC(C)(O)Cc1occc1C(=O)O. The number of hydrogen-bond acceptors (Lipinski definition) is 3.